The maximum absolute atomic E-state index is 13.8. The van der Waals surface area contributed by atoms with Crippen LogP contribution >= 0.6 is 0 Å². The van der Waals surface area contributed by atoms with Gasteiger partial charge in [-0.25, -0.2) is 8.78 Å². The van der Waals surface area contributed by atoms with Crippen molar-refractivity contribution in [2.45, 2.75) is 45.5 Å². The number of aryl methyl sites for hydroxylation is 2. The number of hydrogen-bond donors (Lipinski definition) is 0. The van der Waals surface area contributed by atoms with Gasteiger partial charge in [0.1, 0.15) is 11.6 Å². The second kappa shape index (κ2) is 7.24. The lowest BCUT2D eigenvalue weighted by Crippen LogP contribution is -2.39. The number of carbonyl (C=O) groups excluding carboxylic acids is 1. The molecule has 0 saturated heterocycles. The highest BCUT2D eigenvalue weighted by molar-refractivity contribution is 5.76. The van der Waals surface area contributed by atoms with E-state index in [1.807, 2.05) is 0 Å². The predicted molar refractivity (Wildman–Crippen MR) is 84.5 cm³/mol. The van der Waals surface area contributed by atoms with Gasteiger partial charge in [0.25, 0.3) is 0 Å². The fraction of sp³-hybridized carbons (Fsp3) is 0.471. The van der Waals surface area contributed by atoms with Gasteiger partial charge in [0.2, 0.25) is 11.7 Å². The number of carbonyl (C=O) groups is 1. The van der Waals surface area contributed by atoms with Crippen molar-refractivity contribution >= 4 is 5.91 Å². The summed E-state index contributed by atoms with van der Waals surface area (Å²) in [5, 5.41) is 6.68. The molecule has 0 N–H and O–H groups in total. The predicted octanol–water partition coefficient (Wildman–Crippen LogP) is 3.25. The molecule has 0 fully saturated rings. The Hall–Kier alpha value is -2.52. The molecule has 5 nitrogen and oxygen atoms in total. The first kappa shape index (κ1) is 19.2. The molecule has 2 aromatic rings. The van der Waals surface area contributed by atoms with Gasteiger partial charge in [0, 0.05) is 19.5 Å². The molecular weight excluding hydrogens is 371 g/mol. The molecule has 146 valence electrons. The molecule has 27 heavy (non-hydrogen) atoms. The molecule has 0 saturated carbocycles. The van der Waals surface area contributed by atoms with Crippen molar-refractivity contribution in [1.29, 1.82) is 0 Å². The number of aromatic nitrogens is 3. The van der Waals surface area contributed by atoms with Crippen LogP contribution in [0.2, 0.25) is 0 Å². The van der Waals surface area contributed by atoms with Crippen LogP contribution in [0.4, 0.5) is 22.0 Å². The van der Waals surface area contributed by atoms with Crippen molar-refractivity contribution in [2.24, 2.45) is 0 Å². The summed E-state index contributed by atoms with van der Waals surface area (Å²) in [7, 11) is 0. The quantitative estimate of drug-likeness (QED) is 0.756. The smallest absolute Gasteiger partial charge is 0.333 e. The van der Waals surface area contributed by atoms with E-state index in [0.717, 1.165) is 16.7 Å². The zero-order valence-electron chi connectivity index (χ0n) is 14.5. The minimum Gasteiger partial charge on any atom is -0.333 e. The van der Waals surface area contributed by atoms with Crippen LogP contribution < -0.4 is 0 Å². The average Bonchev–Trinajstić information content (AvgIpc) is 3.02. The highest BCUT2D eigenvalue weighted by Gasteiger charge is 2.39. The Bertz CT molecular complexity index is 862. The molecule has 1 aromatic heterocycles. The van der Waals surface area contributed by atoms with Crippen molar-refractivity contribution in [3.63, 3.8) is 0 Å². The molecule has 0 aliphatic carbocycles. The molecule has 0 atom stereocenters. The molecule has 1 amide bonds. The molecule has 1 aromatic carbocycles. The third kappa shape index (κ3) is 4.09. The Balaban J connectivity index is 1.57. The lowest BCUT2D eigenvalue weighted by molar-refractivity contribution is -0.148. The summed E-state index contributed by atoms with van der Waals surface area (Å²) in [6, 6.07) is 2.24. The standard InChI is InChI=1S/C17H17F5N4O/c1-10-7-13(19)11(8-12(10)18)3-2-4-15(27)25-5-6-26-14(9-25)23-24-16(26)17(20,21)22/h7-8H,2-6,9H2,1H3. The van der Waals surface area contributed by atoms with Gasteiger partial charge >= 0.3 is 6.18 Å². The van der Waals surface area contributed by atoms with Crippen LogP contribution in [0.3, 0.4) is 0 Å². The largest absolute Gasteiger partial charge is 0.451 e. The molecule has 0 unspecified atom stereocenters. The molecule has 0 bridgehead atoms. The normalized spacial score (nSPS) is 14.4. The summed E-state index contributed by atoms with van der Waals surface area (Å²) < 4.78 is 66.7. The first-order chi connectivity index (χ1) is 12.7. The zero-order chi connectivity index (χ0) is 19.8. The molecule has 1 aliphatic heterocycles. The zero-order valence-corrected chi connectivity index (χ0v) is 14.5. The van der Waals surface area contributed by atoms with Gasteiger partial charge in [-0.1, -0.05) is 0 Å². The summed E-state index contributed by atoms with van der Waals surface area (Å²) in [5.74, 6) is -2.29. The SMILES string of the molecule is Cc1cc(F)c(CCCC(=O)N2CCn3c(nnc3C(F)(F)F)C2)cc1F. The molecule has 0 spiro atoms. The van der Waals surface area contributed by atoms with Crippen LogP contribution in [0.25, 0.3) is 0 Å². The van der Waals surface area contributed by atoms with Crippen molar-refractivity contribution in [2.75, 3.05) is 6.54 Å². The van der Waals surface area contributed by atoms with Gasteiger partial charge < -0.3 is 9.47 Å². The molecule has 2 heterocycles. The van der Waals surface area contributed by atoms with E-state index in [4.69, 9.17) is 0 Å². The van der Waals surface area contributed by atoms with E-state index in [9.17, 15) is 26.7 Å². The van der Waals surface area contributed by atoms with E-state index in [0.29, 0.717) is 6.42 Å². The Morgan fingerprint density at radius 1 is 1.15 bits per heavy atom. The van der Waals surface area contributed by atoms with E-state index < -0.39 is 23.6 Å². The van der Waals surface area contributed by atoms with E-state index in [2.05, 4.69) is 10.2 Å². The van der Waals surface area contributed by atoms with Crippen LogP contribution in [0.15, 0.2) is 12.1 Å². The second-order valence-electron chi connectivity index (χ2n) is 6.45. The van der Waals surface area contributed by atoms with E-state index in [-0.39, 0.29) is 55.3 Å². The van der Waals surface area contributed by atoms with Gasteiger partial charge in [-0.15, -0.1) is 10.2 Å². The number of rotatable bonds is 4. The summed E-state index contributed by atoms with van der Waals surface area (Å²) in [5.41, 5.74) is 0.405. The number of alkyl halides is 3. The van der Waals surface area contributed by atoms with Gasteiger partial charge in [-0.2, -0.15) is 13.2 Å². The third-order valence-corrected chi connectivity index (χ3v) is 4.52. The summed E-state index contributed by atoms with van der Waals surface area (Å²) >= 11 is 0. The molecule has 0 radical (unpaired) electrons. The van der Waals surface area contributed by atoms with Crippen molar-refractivity contribution < 1.29 is 26.7 Å². The van der Waals surface area contributed by atoms with E-state index in [1.54, 1.807) is 0 Å². The minimum absolute atomic E-state index is 0.0410. The monoisotopic (exact) mass is 388 g/mol. The van der Waals surface area contributed by atoms with Crippen molar-refractivity contribution in [3.8, 4) is 0 Å². The molecule has 1 aliphatic rings. The molecule has 10 heteroatoms. The van der Waals surface area contributed by atoms with Crippen molar-refractivity contribution in [3.05, 3.63) is 46.5 Å². The summed E-state index contributed by atoms with van der Waals surface area (Å²) in [6.45, 7) is 1.47. The summed E-state index contributed by atoms with van der Waals surface area (Å²) in [6.07, 6.45) is -4.02. The first-order valence-electron chi connectivity index (χ1n) is 8.38. The number of amides is 1. The average molecular weight is 388 g/mol. The number of hydrogen-bond acceptors (Lipinski definition) is 3. The lowest BCUT2D eigenvalue weighted by Gasteiger charge is -2.28. The highest BCUT2D eigenvalue weighted by Crippen LogP contribution is 2.29. The fourth-order valence-electron chi connectivity index (χ4n) is 3.05. The van der Waals surface area contributed by atoms with Crippen LogP contribution in [-0.4, -0.2) is 32.1 Å². The number of nitrogens with zero attached hydrogens (tertiary/aromatic N) is 4. The summed E-state index contributed by atoms with van der Waals surface area (Å²) in [4.78, 5) is 13.7. The Morgan fingerprint density at radius 2 is 1.89 bits per heavy atom. The fourth-order valence-corrected chi connectivity index (χ4v) is 3.05. The Morgan fingerprint density at radius 3 is 2.59 bits per heavy atom. The van der Waals surface area contributed by atoms with E-state index in [1.165, 1.54) is 11.8 Å². The highest BCUT2D eigenvalue weighted by atomic mass is 19.4. The molecular formula is C17H17F5N4O. The van der Waals surface area contributed by atoms with Crippen LogP contribution in [0.1, 0.15) is 35.6 Å². The minimum atomic E-state index is -4.59. The van der Waals surface area contributed by atoms with Gasteiger partial charge in [-0.05, 0) is 43.0 Å². The number of fused-ring (bicyclic) bond motifs is 1. The third-order valence-electron chi connectivity index (χ3n) is 4.52. The first-order valence-corrected chi connectivity index (χ1v) is 8.38. The second-order valence-corrected chi connectivity index (χ2v) is 6.45. The topological polar surface area (TPSA) is 51.0 Å². The molecule has 3 rings (SSSR count). The van der Waals surface area contributed by atoms with Gasteiger partial charge in [-0.3, -0.25) is 4.79 Å². The Kier molecular flexibility index (Phi) is 5.16. The van der Waals surface area contributed by atoms with Gasteiger partial charge in [0.15, 0.2) is 5.82 Å². The number of halogens is 5. The maximum atomic E-state index is 13.8. The van der Waals surface area contributed by atoms with E-state index >= 15 is 0 Å². The van der Waals surface area contributed by atoms with Crippen molar-refractivity contribution in [1.82, 2.24) is 19.7 Å². The van der Waals surface area contributed by atoms with Crippen LogP contribution in [-0.2, 0) is 30.5 Å². The van der Waals surface area contributed by atoms with Crippen LogP contribution in [0.5, 0.6) is 0 Å². The van der Waals surface area contributed by atoms with Gasteiger partial charge in [0.05, 0.1) is 6.54 Å². The lowest BCUT2D eigenvalue weighted by atomic mass is 10.0. The Labute approximate surface area is 151 Å². The van der Waals surface area contributed by atoms with Crippen LogP contribution in [0, 0.1) is 18.6 Å². The maximum Gasteiger partial charge on any atom is 0.451 e. The number of benzene rings is 1.